The lowest BCUT2D eigenvalue weighted by atomic mass is 10.1. The van der Waals surface area contributed by atoms with Crippen LogP contribution in [0.2, 0.25) is 0 Å². The number of hydrogen-bond acceptors (Lipinski definition) is 3. The molecule has 19 heavy (non-hydrogen) atoms. The van der Waals surface area contributed by atoms with Gasteiger partial charge in [0.25, 0.3) is 5.91 Å². The molecular weight excluding hydrogens is 445 g/mol. The van der Waals surface area contributed by atoms with Crippen molar-refractivity contribution in [3.8, 4) is 0 Å². The van der Waals surface area contributed by atoms with Crippen LogP contribution in [-0.2, 0) is 4.79 Å². The molecule has 1 rings (SSSR count). The van der Waals surface area contributed by atoms with Gasteiger partial charge in [0.05, 0.1) is 5.56 Å². The predicted octanol–water partition coefficient (Wildman–Crippen LogP) is 2.99. The number of aliphatic carboxylic acids is 1. The molecule has 1 atom stereocenters. The van der Waals surface area contributed by atoms with Crippen molar-refractivity contribution in [2.45, 2.75) is 12.5 Å². The summed E-state index contributed by atoms with van der Waals surface area (Å²) in [6.07, 6.45) is 2.31. The molecule has 2 N–H and O–H groups in total. The highest BCUT2D eigenvalue weighted by molar-refractivity contribution is 14.1. The van der Waals surface area contributed by atoms with E-state index in [0.717, 1.165) is 3.57 Å². The molecule has 0 spiro atoms. The fourth-order valence-corrected chi connectivity index (χ4v) is 2.79. The number of nitrogens with one attached hydrogen (secondary N) is 1. The highest BCUT2D eigenvalue weighted by Gasteiger charge is 2.21. The molecule has 7 heteroatoms. The van der Waals surface area contributed by atoms with Crippen LogP contribution in [0.25, 0.3) is 0 Å². The molecule has 0 aliphatic rings. The summed E-state index contributed by atoms with van der Waals surface area (Å²) < 4.78 is 1.57. The number of carboxylic acid groups (broad SMARTS) is 1. The van der Waals surface area contributed by atoms with Gasteiger partial charge >= 0.3 is 5.97 Å². The molecule has 1 aromatic carbocycles. The second-order valence-electron chi connectivity index (χ2n) is 3.77. The summed E-state index contributed by atoms with van der Waals surface area (Å²) in [4.78, 5) is 23.2. The monoisotopic (exact) mass is 457 g/mol. The third-order valence-electron chi connectivity index (χ3n) is 2.39. The minimum absolute atomic E-state index is 0.376. The molecule has 0 aliphatic carbocycles. The van der Waals surface area contributed by atoms with Crippen LogP contribution in [0.3, 0.4) is 0 Å². The third-order valence-corrected chi connectivity index (χ3v) is 4.39. The molecule has 0 aromatic heterocycles. The van der Waals surface area contributed by atoms with Gasteiger partial charge in [-0.2, -0.15) is 11.8 Å². The van der Waals surface area contributed by atoms with E-state index in [2.05, 4.69) is 43.8 Å². The van der Waals surface area contributed by atoms with E-state index in [1.165, 1.54) is 0 Å². The summed E-state index contributed by atoms with van der Waals surface area (Å²) in [5.74, 6) is -0.701. The number of carbonyl (C=O) groups excluding carboxylic acids is 1. The Hall–Kier alpha value is -0.280. The Labute approximate surface area is 138 Å². The van der Waals surface area contributed by atoms with Crippen LogP contribution in [0.15, 0.2) is 22.7 Å². The smallest absolute Gasteiger partial charge is 0.326 e. The zero-order valence-electron chi connectivity index (χ0n) is 10.2. The lowest BCUT2D eigenvalue weighted by Crippen LogP contribution is -2.41. The molecule has 0 heterocycles. The van der Waals surface area contributed by atoms with Crippen LogP contribution in [0.5, 0.6) is 0 Å². The largest absolute Gasteiger partial charge is 0.480 e. The number of carbonyl (C=O) groups is 2. The fraction of sp³-hybridized carbons (Fsp3) is 0.333. The Kier molecular flexibility index (Phi) is 7.16. The number of thioether (sulfide) groups is 1. The van der Waals surface area contributed by atoms with Crippen LogP contribution in [0.4, 0.5) is 0 Å². The first-order chi connectivity index (χ1) is 8.95. The normalized spacial score (nSPS) is 11.9. The van der Waals surface area contributed by atoms with E-state index in [1.54, 1.807) is 23.9 Å². The Bertz CT molecular complexity index is 484. The predicted molar refractivity (Wildman–Crippen MR) is 88.7 cm³/mol. The van der Waals surface area contributed by atoms with Crippen LogP contribution in [-0.4, -0.2) is 35.0 Å². The second kappa shape index (κ2) is 8.11. The Morgan fingerprint density at radius 2 is 2.21 bits per heavy atom. The zero-order valence-corrected chi connectivity index (χ0v) is 14.7. The molecule has 1 aromatic rings. The molecule has 1 amide bonds. The van der Waals surface area contributed by atoms with Crippen molar-refractivity contribution < 1.29 is 14.7 Å². The number of carboxylic acids is 1. The van der Waals surface area contributed by atoms with Crippen molar-refractivity contribution in [1.82, 2.24) is 5.32 Å². The Balaban J connectivity index is 2.81. The maximum atomic E-state index is 12.1. The molecular formula is C12H13BrINO3S. The fourth-order valence-electron chi connectivity index (χ4n) is 1.40. The van der Waals surface area contributed by atoms with E-state index >= 15 is 0 Å². The zero-order chi connectivity index (χ0) is 14.4. The topological polar surface area (TPSA) is 66.4 Å². The molecule has 0 radical (unpaired) electrons. The van der Waals surface area contributed by atoms with Crippen LogP contribution in [0.1, 0.15) is 16.8 Å². The lowest BCUT2D eigenvalue weighted by molar-refractivity contribution is -0.139. The maximum absolute atomic E-state index is 12.1. The van der Waals surface area contributed by atoms with E-state index < -0.39 is 12.0 Å². The summed E-state index contributed by atoms with van der Waals surface area (Å²) in [5.41, 5.74) is 0.447. The summed E-state index contributed by atoms with van der Waals surface area (Å²) in [6, 6.07) is 4.50. The quantitative estimate of drug-likeness (QED) is 0.644. The number of benzene rings is 1. The molecule has 104 valence electrons. The summed E-state index contributed by atoms with van der Waals surface area (Å²) in [7, 11) is 0. The van der Waals surface area contributed by atoms with Crippen molar-refractivity contribution in [3.05, 3.63) is 31.8 Å². The summed E-state index contributed by atoms with van der Waals surface area (Å²) >= 11 is 6.95. The van der Waals surface area contributed by atoms with Crippen molar-refractivity contribution in [2.75, 3.05) is 12.0 Å². The van der Waals surface area contributed by atoms with Gasteiger partial charge in [-0.05, 0) is 75.1 Å². The van der Waals surface area contributed by atoms with E-state index in [9.17, 15) is 9.59 Å². The molecule has 0 aliphatic heterocycles. The van der Waals surface area contributed by atoms with Crippen molar-refractivity contribution in [3.63, 3.8) is 0 Å². The van der Waals surface area contributed by atoms with Crippen molar-refractivity contribution >= 4 is 62.2 Å². The maximum Gasteiger partial charge on any atom is 0.326 e. The number of rotatable bonds is 6. The second-order valence-corrected chi connectivity index (χ2v) is 6.86. The number of amides is 1. The molecule has 0 bridgehead atoms. The first-order valence-electron chi connectivity index (χ1n) is 5.43. The van der Waals surface area contributed by atoms with Gasteiger partial charge in [-0.25, -0.2) is 4.79 Å². The summed E-state index contributed by atoms with van der Waals surface area (Å²) in [5, 5.41) is 11.6. The first-order valence-corrected chi connectivity index (χ1v) is 8.70. The highest BCUT2D eigenvalue weighted by atomic mass is 127. The first kappa shape index (κ1) is 16.8. The van der Waals surface area contributed by atoms with Crippen molar-refractivity contribution in [2.24, 2.45) is 0 Å². The van der Waals surface area contributed by atoms with Crippen LogP contribution >= 0.6 is 50.3 Å². The average molecular weight is 458 g/mol. The minimum Gasteiger partial charge on any atom is -0.480 e. The van der Waals surface area contributed by atoms with Gasteiger partial charge in [0, 0.05) is 8.04 Å². The van der Waals surface area contributed by atoms with Gasteiger partial charge in [-0.3, -0.25) is 4.79 Å². The summed E-state index contributed by atoms with van der Waals surface area (Å²) in [6.45, 7) is 0. The molecule has 0 fully saturated rings. The van der Waals surface area contributed by atoms with Gasteiger partial charge in [0.2, 0.25) is 0 Å². The Morgan fingerprint density at radius 1 is 1.53 bits per heavy atom. The molecule has 0 saturated carbocycles. The van der Waals surface area contributed by atoms with Gasteiger partial charge in [0.1, 0.15) is 6.04 Å². The molecule has 1 unspecified atom stereocenters. The molecule has 0 saturated heterocycles. The number of hydrogen-bond donors (Lipinski definition) is 2. The lowest BCUT2D eigenvalue weighted by Gasteiger charge is -2.14. The van der Waals surface area contributed by atoms with Crippen LogP contribution in [0, 0.1) is 3.57 Å². The van der Waals surface area contributed by atoms with Gasteiger partial charge in [-0.15, -0.1) is 0 Å². The highest BCUT2D eigenvalue weighted by Crippen LogP contribution is 2.19. The molecule has 4 nitrogen and oxygen atoms in total. The Morgan fingerprint density at radius 3 is 2.79 bits per heavy atom. The van der Waals surface area contributed by atoms with E-state index in [0.29, 0.717) is 22.2 Å². The minimum atomic E-state index is -1.01. The van der Waals surface area contributed by atoms with Crippen molar-refractivity contribution in [1.29, 1.82) is 0 Å². The third kappa shape index (κ3) is 5.31. The van der Waals surface area contributed by atoms with Crippen LogP contribution < -0.4 is 5.32 Å². The average Bonchev–Trinajstić information content (AvgIpc) is 2.36. The van der Waals surface area contributed by atoms with E-state index in [-0.39, 0.29) is 5.91 Å². The SMILES string of the molecule is CSCCC(NC(=O)c1cc(I)ccc1Br)C(=O)O. The number of halogens is 2. The van der Waals surface area contributed by atoms with Gasteiger partial charge in [-0.1, -0.05) is 0 Å². The van der Waals surface area contributed by atoms with Gasteiger partial charge in [0.15, 0.2) is 0 Å². The standard InChI is InChI=1S/C12H13BrINO3S/c1-19-5-4-10(12(17)18)15-11(16)8-6-7(14)2-3-9(8)13/h2-3,6,10H,4-5H2,1H3,(H,15,16)(H,17,18). The van der Waals surface area contributed by atoms with Gasteiger partial charge < -0.3 is 10.4 Å². The van der Waals surface area contributed by atoms with E-state index in [1.807, 2.05) is 12.3 Å². The van der Waals surface area contributed by atoms with E-state index in [4.69, 9.17) is 5.11 Å².